The van der Waals surface area contributed by atoms with E-state index < -0.39 is 0 Å². The molecule has 24 heavy (non-hydrogen) atoms. The van der Waals surface area contributed by atoms with Crippen LogP contribution in [0.1, 0.15) is 28.3 Å². The Morgan fingerprint density at radius 2 is 1.88 bits per heavy atom. The van der Waals surface area contributed by atoms with Crippen LogP contribution >= 0.6 is 0 Å². The van der Waals surface area contributed by atoms with Gasteiger partial charge in [0.2, 0.25) is 6.79 Å². The number of aromatic hydroxyl groups is 1. The highest BCUT2D eigenvalue weighted by Gasteiger charge is 2.34. The summed E-state index contributed by atoms with van der Waals surface area (Å²) in [6.07, 6.45) is 1.90. The van der Waals surface area contributed by atoms with Crippen LogP contribution in [0, 0.1) is 0 Å². The zero-order chi connectivity index (χ0) is 16.3. The first kappa shape index (κ1) is 14.0. The minimum atomic E-state index is 0.217. The second-order valence-corrected chi connectivity index (χ2v) is 6.64. The molecule has 3 aliphatic rings. The molecule has 1 N–H and O–H groups in total. The highest BCUT2D eigenvalue weighted by atomic mass is 16.7. The second kappa shape index (κ2) is 5.05. The Kier molecular flexibility index (Phi) is 2.94. The molecule has 0 radical (unpaired) electrons. The maximum atomic E-state index is 10.2. The molecule has 0 spiro atoms. The molecule has 5 heteroatoms. The molecule has 0 aromatic heterocycles. The van der Waals surface area contributed by atoms with Gasteiger partial charge in [0.25, 0.3) is 0 Å². The van der Waals surface area contributed by atoms with Gasteiger partial charge >= 0.3 is 0 Å². The van der Waals surface area contributed by atoms with Crippen molar-refractivity contribution in [2.45, 2.75) is 25.4 Å². The molecule has 2 aromatic rings. The third kappa shape index (κ3) is 1.97. The molecule has 1 atom stereocenters. The lowest BCUT2D eigenvalue weighted by Crippen LogP contribution is -2.39. The Morgan fingerprint density at radius 3 is 2.67 bits per heavy atom. The zero-order valence-corrected chi connectivity index (χ0v) is 13.5. The topological polar surface area (TPSA) is 51.2 Å². The van der Waals surface area contributed by atoms with E-state index in [2.05, 4.69) is 17.0 Å². The van der Waals surface area contributed by atoms with Crippen LogP contribution in [0.4, 0.5) is 0 Å². The molecule has 1 unspecified atom stereocenters. The molecule has 3 aliphatic heterocycles. The summed E-state index contributed by atoms with van der Waals surface area (Å²) < 4.78 is 16.3. The zero-order valence-electron chi connectivity index (χ0n) is 13.5. The average Bonchev–Trinajstić information content (AvgIpc) is 3.04. The lowest BCUT2D eigenvalue weighted by Gasteiger charge is -2.41. The first-order chi connectivity index (χ1) is 11.7. The molecule has 0 fully saturated rings. The van der Waals surface area contributed by atoms with Crippen molar-refractivity contribution in [2.75, 3.05) is 20.4 Å². The standard InChI is InChI=1S/C19H19NO4/c1-22-17-5-11-2-3-20-9-13-7-19-18(23-10-24-19)6-12(13)4-15(20)14(11)8-16(17)21/h5-8,15,21H,2-4,9-10H2,1H3. The summed E-state index contributed by atoms with van der Waals surface area (Å²) >= 11 is 0. The van der Waals surface area contributed by atoms with Gasteiger partial charge in [-0.15, -0.1) is 0 Å². The largest absolute Gasteiger partial charge is 0.504 e. The van der Waals surface area contributed by atoms with Gasteiger partial charge in [0.1, 0.15) is 0 Å². The number of hydrogen-bond acceptors (Lipinski definition) is 5. The van der Waals surface area contributed by atoms with Crippen molar-refractivity contribution in [1.29, 1.82) is 0 Å². The van der Waals surface area contributed by atoms with Crippen LogP contribution in [-0.4, -0.2) is 30.5 Å². The lowest BCUT2D eigenvalue weighted by molar-refractivity contribution is 0.160. The molecule has 0 bridgehead atoms. The van der Waals surface area contributed by atoms with E-state index >= 15 is 0 Å². The highest BCUT2D eigenvalue weighted by molar-refractivity contribution is 5.53. The average molecular weight is 325 g/mol. The van der Waals surface area contributed by atoms with Gasteiger partial charge < -0.3 is 19.3 Å². The first-order valence-corrected chi connectivity index (χ1v) is 8.28. The maximum absolute atomic E-state index is 10.2. The number of methoxy groups -OCH3 is 1. The summed E-state index contributed by atoms with van der Waals surface area (Å²) in [7, 11) is 1.59. The number of phenols is 1. The van der Waals surface area contributed by atoms with Crippen molar-refractivity contribution in [2.24, 2.45) is 0 Å². The summed E-state index contributed by atoms with van der Waals surface area (Å²) in [4.78, 5) is 2.48. The summed E-state index contributed by atoms with van der Waals surface area (Å²) in [6, 6.07) is 8.39. The molecule has 0 amide bonds. The van der Waals surface area contributed by atoms with E-state index in [1.54, 1.807) is 7.11 Å². The molecule has 0 saturated carbocycles. The van der Waals surface area contributed by atoms with E-state index in [4.69, 9.17) is 14.2 Å². The van der Waals surface area contributed by atoms with E-state index in [1.165, 1.54) is 22.3 Å². The molecule has 124 valence electrons. The van der Waals surface area contributed by atoms with Crippen LogP contribution in [0.2, 0.25) is 0 Å². The predicted octanol–water partition coefficient (Wildman–Crippen LogP) is 2.79. The first-order valence-electron chi connectivity index (χ1n) is 8.28. The number of hydrogen-bond donors (Lipinski definition) is 1. The van der Waals surface area contributed by atoms with Gasteiger partial charge in [-0.2, -0.15) is 0 Å². The van der Waals surface area contributed by atoms with E-state index in [-0.39, 0.29) is 5.75 Å². The van der Waals surface area contributed by atoms with Gasteiger partial charge in [-0.05, 0) is 59.4 Å². The van der Waals surface area contributed by atoms with Gasteiger partial charge in [-0.3, -0.25) is 4.90 Å². The lowest BCUT2D eigenvalue weighted by atomic mass is 9.83. The Balaban J connectivity index is 1.56. The number of nitrogens with zero attached hydrogens (tertiary/aromatic N) is 1. The monoisotopic (exact) mass is 325 g/mol. The van der Waals surface area contributed by atoms with E-state index in [1.807, 2.05) is 12.1 Å². The number of fused-ring (bicyclic) bond motifs is 5. The van der Waals surface area contributed by atoms with Crippen LogP contribution in [-0.2, 0) is 19.4 Å². The van der Waals surface area contributed by atoms with Crippen LogP contribution in [0.25, 0.3) is 0 Å². The fourth-order valence-corrected chi connectivity index (χ4v) is 4.15. The van der Waals surface area contributed by atoms with Crippen molar-refractivity contribution in [1.82, 2.24) is 4.90 Å². The molecule has 5 rings (SSSR count). The normalized spacial score (nSPS) is 21.0. The summed E-state index contributed by atoms with van der Waals surface area (Å²) in [6.45, 7) is 2.23. The maximum Gasteiger partial charge on any atom is 0.231 e. The molecular formula is C19H19NO4. The van der Waals surface area contributed by atoms with Crippen molar-refractivity contribution in [3.8, 4) is 23.0 Å². The molecule has 2 aromatic carbocycles. The Morgan fingerprint density at radius 1 is 1.08 bits per heavy atom. The quantitative estimate of drug-likeness (QED) is 0.874. The van der Waals surface area contributed by atoms with Crippen LogP contribution in [0.3, 0.4) is 0 Å². The Hall–Kier alpha value is -2.40. The molecule has 0 aliphatic carbocycles. The summed E-state index contributed by atoms with van der Waals surface area (Å²) in [5.41, 5.74) is 5.11. The SMILES string of the molecule is COc1cc2c(cc1O)C1Cc3cc4c(cc3CN1CC2)OCO4. The third-order valence-corrected chi connectivity index (χ3v) is 5.39. The minimum Gasteiger partial charge on any atom is -0.504 e. The van der Waals surface area contributed by atoms with Gasteiger partial charge in [0, 0.05) is 19.1 Å². The van der Waals surface area contributed by atoms with Crippen molar-refractivity contribution >= 4 is 0 Å². The van der Waals surface area contributed by atoms with Gasteiger partial charge in [-0.1, -0.05) is 0 Å². The Bertz CT molecular complexity index is 833. The van der Waals surface area contributed by atoms with Crippen LogP contribution in [0.15, 0.2) is 24.3 Å². The van der Waals surface area contributed by atoms with Crippen LogP contribution < -0.4 is 14.2 Å². The fourth-order valence-electron chi connectivity index (χ4n) is 4.15. The highest BCUT2D eigenvalue weighted by Crippen LogP contribution is 2.44. The third-order valence-electron chi connectivity index (χ3n) is 5.39. The van der Waals surface area contributed by atoms with Gasteiger partial charge in [-0.25, -0.2) is 0 Å². The fraction of sp³-hybridized carbons (Fsp3) is 0.368. The molecular weight excluding hydrogens is 306 g/mol. The number of ether oxygens (including phenoxy) is 3. The summed E-state index contributed by atoms with van der Waals surface area (Å²) in [5, 5.41) is 10.2. The molecule has 0 saturated heterocycles. The van der Waals surface area contributed by atoms with Crippen molar-refractivity contribution in [3.05, 3.63) is 46.5 Å². The minimum absolute atomic E-state index is 0.217. The van der Waals surface area contributed by atoms with E-state index in [0.29, 0.717) is 18.6 Å². The summed E-state index contributed by atoms with van der Waals surface area (Å²) in [5.74, 6) is 2.47. The predicted molar refractivity (Wildman–Crippen MR) is 87.8 cm³/mol. The second-order valence-electron chi connectivity index (χ2n) is 6.64. The van der Waals surface area contributed by atoms with Crippen molar-refractivity contribution in [3.63, 3.8) is 0 Å². The van der Waals surface area contributed by atoms with Crippen molar-refractivity contribution < 1.29 is 19.3 Å². The van der Waals surface area contributed by atoms with E-state index in [0.717, 1.165) is 37.4 Å². The van der Waals surface area contributed by atoms with Crippen LogP contribution in [0.5, 0.6) is 23.0 Å². The molecule has 5 nitrogen and oxygen atoms in total. The number of benzene rings is 2. The Labute approximate surface area is 140 Å². The van der Waals surface area contributed by atoms with Gasteiger partial charge in [0.05, 0.1) is 7.11 Å². The molecule has 3 heterocycles. The van der Waals surface area contributed by atoms with Gasteiger partial charge in [0.15, 0.2) is 23.0 Å². The van der Waals surface area contributed by atoms with E-state index in [9.17, 15) is 5.11 Å². The number of phenolic OH excluding ortho intramolecular Hbond substituents is 1. The number of rotatable bonds is 1. The smallest absolute Gasteiger partial charge is 0.231 e.